The van der Waals surface area contributed by atoms with Crippen molar-refractivity contribution in [3.8, 4) is 22.1 Å². The van der Waals surface area contributed by atoms with Crippen molar-refractivity contribution in [1.82, 2.24) is 15.0 Å². The maximum absolute atomic E-state index is 12.5. The lowest BCUT2D eigenvalue weighted by molar-refractivity contribution is 0.101. The van der Waals surface area contributed by atoms with Crippen molar-refractivity contribution in [2.24, 2.45) is 0 Å². The molecule has 0 bridgehead atoms. The number of anilines is 1. The van der Waals surface area contributed by atoms with Crippen molar-refractivity contribution < 1.29 is 14.3 Å². The van der Waals surface area contributed by atoms with Crippen molar-refractivity contribution in [3.63, 3.8) is 0 Å². The predicted molar refractivity (Wildman–Crippen MR) is 88.5 cm³/mol. The average Bonchev–Trinajstić information content (AvgIpc) is 3.10. The van der Waals surface area contributed by atoms with Gasteiger partial charge in [0.15, 0.2) is 16.6 Å². The molecule has 7 nitrogen and oxygen atoms in total. The molecule has 1 aromatic carbocycles. The number of nitrogens with one attached hydrogen (secondary N) is 1. The number of carbonyl (C=O) groups is 1. The maximum Gasteiger partial charge on any atom is 0.261 e. The van der Waals surface area contributed by atoms with E-state index in [-0.39, 0.29) is 5.91 Å². The molecule has 120 valence electrons. The third-order valence-corrected chi connectivity index (χ3v) is 4.29. The van der Waals surface area contributed by atoms with Crippen LogP contribution in [0.25, 0.3) is 10.6 Å². The van der Waals surface area contributed by atoms with Gasteiger partial charge in [-0.15, -0.1) is 0 Å². The number of amides is 1. The summed E-state index contributed by atoms with van der Waals surface area (Å²) in [4.78, 5) is 25.8. The molecule has 24 heavy (non-hydrogen) atoms. The number of aromatic nitrogens is 3. The Bertz CT molecular complexity index is 882. The number of hydrogen-bond acceptors (Lipinski definition) is 7. The number of hydrogen-bond donors (Lipinski definition) is 1. The van der Waals surface area contributed by atoms with Gasteiger partial charge in [-0.3, -0.25) is 20.1 Å². The highest BCUT2D eigenvalue weighted by Crippen LogP contribution is 2.34. The van der Waals surface area contributed by atoms with Gasteiger partial charge in [0.2, 0.25) is 0 Å². The summed E-state index contributed by atoms with van der Waals surface area (Å²) in [5, 5.41) is 3.26. The van der Waals surface area contributed by atoms with Gasteiger partial charge in [-0.1, -0.05) is 17.4 Å². The standard InChI is InChI=1S/C16H12N4O3S/c21-15(10-2-1-3-12-14(10)23-7-6-22-12)20-16-19-9-13(24-16)11-8-17-4-5-18-11/h1-5,8-9H,6-7H2,(H,19,20,21). The summed E-state index contributed by atoms with van der Waals surface area (Å²) in [5.74, 6) is 0.748. The van der Waals surface area contributed by atoms with Crippen molar-refractivity contribution in [1.29, 1.82) is 0 Å². The van der Waals surface area contributed by atoms with Crippen LogP contribution in [0.2, 0.25) is 0 Å². The third-order valence-electron chi connectivity index (χ3n) is 3.35. The van der Waals surface area contributed by atoms with E-state index in [1.807, 2.05) is 0 Å². The number of benzene rings is 1. The molecule has 0 saturated carbocycles. The summed E-state index contributed by atoms with van der Waals surface area (Å²) in [6.45, 7) is 0.900. The van der Waals surface area contributed by atoms with Crippen molar-refractivity contribution >= 4 is 22.4 Å². The predicted octanol–water partition coefficient (Wildman–Crippen LogP) is 2.62. The first-order chi connectivity index (χ1) is 11.8. The number of carbonyl (C=O) groups excluding carboxylic acids is 1. The quantitative estimate of drug-likeness (QED) is 0.789. The number of rotatable bonds is 3. The minimum Gasteiger partial charge on any atom is -0.486 e. The smallest absolute Gasteiger partial charge is 0.261 e. The summed E-state index contributed by atoms with van der Waals surface area (Å²) in [5.41, 5.74) is 1.13. The molecule has 0 unspecified atom stereocenters. The third kappa shape index (κ3) is 2.79. The molecule has 0 saturated heterocycles. The first-order valence-electron chi connectivity index (χ1n) is 7.23. The number of para-hydroxylation sites is 1. The summed E-state index contributed by atoms with van der Waals surface area (Å²) < 4.78 is 11.1. The highest BCUT2D eigenvalue weighted by atomic mass is 32.1. The Hall–Kier alpha value is -3.00. The van der Waals surface area contributed by atoms with Gasteiger partial charge in [-0.2, -0.15) is 0 Å². The van der Waals surface area contributed by atoms with E-state index in [0.29, 0.717) is 41.1 Å². The van der Waals surface area contributed by atoms with Crippen LogP contribution in [-0.2, 0) is 0 Å². The van der Waals surface area contributed by atoms with Gasteiger partial charge < -0.3 is 9.47 Å². The molecule has 0 aliphatic carbocycles. The summed E-state index contributed by atoms with van der Waals surface area (Å²) in [6, 6.07) is 5.23. The summed E-state index contributed by atoms with van der Waals surface area (Å²) >= 11 is 1.33. The van der Waals surface area contributed by atoms with Gasteiger partial charge in [0.05, 0.1) is 16.6 Å². The highest BCUT2D eigenvalue weighted by molar-refractivity contribution is 7.19. The van der Waals surface area contributed by atoms with Gasteiger partial charge in [0, 0.05) is 18.6 Å². The second-order valence-electron chi connectivity index (χ2n) is 4.90. The van der Waals surface area contributed by atoms with Crippen LogP contribution in [0, 0.1) is 0 Å². The fourth-order valence-electron chi connectivity index (χ4n) is 2.29. The van der Waals surface area contributed by atoms with E-state index in [1.165, 1.54) is 11.3 Å². The van der Waals surface area contributed by atoms with Crippen LogP contribution in [0.5, 0.6) is 11.5 Å². The van der Waals surface area contributed by atoms with Gasteiger partial charge in [0.1, 0.15) is 18.9 Å². The fraction of sp³-hybridized carbons (Fsp3) is 0.125. The van der Waals surface area contributed by atoms with E-state index in [9.17, 15) is 4.79 Å². The van der Waals surface area contributed by atoms with Crippen LogP contribution in [0.3, 0.4) is 0 Å². The second kappa shape index (κ2) is 6.25. The molecule has 0 atom stereocenters. The van der Waals surface area contributed by atoms with E-state index in [0.717, 1.165) is 4.88 Å². The Labute approximate surface area is 141 Å². The molecule has 0 fully saturated rings. The minimum atomic E-state index is -0.294. The van der Waals surface area contributed by atoms with Crippen LogP contribution in [-0.4, -0.2) is 34.1 Å². The average molecular weight is 340 g/mol. The van der Waals surface area contributed by atoms with Crippen LogP contribution in [0.15, 0.2) is 43.0 Å². The lowest BCUT2D eigenvalue weighted by atomic mass is 10.1. The van der Waals surface area contributed by atoms with Gasteiger partial charge in [-0.25, -0.2) is 4.98 Å². The Kier molecular flexibility index (Phi) is 3.80. The fourth-order valence-corrected chi connectivity index (χ4v) is 3.07. The zero-order chi connectivity index (χ0) is 16.4. The van der Waals surface area contributed by atoms with E-state index in [1.54, 1.807) is 43.0 Å². The molecule has 1 N–H and O–H groups in total. The Morgan fingerprint density at radius 1 is 1.12 bits per heavy atom. The van der Waals surface area contributed by atoms with E-state index >= 15 is 0 Å². The van der Waals surface area contributed by atoms with Crippen molar-refractivity contribution in [2.45, 2.75) is 0 Å². The molecule has 3 heterocycles. The van der Waals surface area contributed by atoms with Crippen LogP contribution in [0.4, 0.5) is 5.13 Å². The van der Waals surface area contributed by atoms with Gasteiger partial charge in [0.25, 0.3) is 5.91 Å². The molecule has 0 radical (unpaired) electrons. The first-order valence-corrected chi connectivity index (χ1v) is 8.05. The number of thiazole rings is 1. The van der Waals surface area contributed by atoms with E-state index in [4.69, 9.17) is 9.47 Å². The molecule has 4 rings (SSSR count). The zero-order valence-corrected chi connectivity index (χ0v) is 13.2. The molecular weight excluding hydrogens is 328 g/mol. The molecular formula is C16H12N4O3S. The number of ether oxygens (including phenoxy) is 2. The Morgan fingerprint density at radius 3 is 2.92 bits per heavy atom. The molecule has 1 aliphatic heterocycles. The zero-order valence-electron chi connectivity index (χ0n) is 12.4. The Morgan fingerprint density at radius 2 is 2.04 bits per heavy atom. The minimum absolute atomic E-state index is 0.294. The topological polar surface area (TPSA) is 86.2 Å². The lowest BCUT2D eigenvalue weighted by Crippen LogP contribution is -2.20. The number of fused-ring (bicyclic) bond motifs is 1. The largest absolute Gasteiger partial charge is 0.486 e. The molecule has 8 heteroatoms. The second-order valence-corrected chi connectivity index (χ2v) is 5.93. The number of nitrogens with zero attached hydrogens (tertiary/aromatic N) is 3. The summed E-state index contributed by atoms with van der Waals surface area (Å²) in [6.07, 6.45) is 6.52. The molecule has 2 aromatic heterocycles. The lowest BCUT2D eigenvalue weighted by Gasteiger charge is -2.20. The summed E-state index contributed by atoms with van der Waals surface area (Å²) in [7, 11) is 0. The van der Waals surface area contributed by atoms with Crippen molar-refractivity contribution in [2.75, 3.05) is 18.5 Å². The molecule has 1 amide bonds. The monoisotopic (exact) mass is 340 g/mol. The molecule has 3 aromatic rings. The van der Waals surface area contributed by atoms with Crippen LogP contribution >= 0.6 is 11.3 Å². The molecule has 1 aliphatic rings. The van der Waals surface area contributed by atoms with Gasteiger partial charge >= 0.3 is 0 Å². The highest BCUT2D eigenvalue weighted by Gasteiger charge is 2.21. The SMILES string of the molecule is O=C(Nc1ncc(-c2cnccn2)s1)c1cccc2c1OCCO2. The van der Waals surface area contributed by atoms with E-state index in [2.05, 4.69) is 20.3 Å². The van der Waals surface area contributed by atoms with Crippen LogP contribution < -0.4 is 14.8 Å². The van der Waals surface area contributed by atoms with E-state index < -0.39 is 0 Å². The first kappa shape index (κ1) is 14.6. The molecule has 0 spiro atoms. The Balaban J connectivity index is 1.56. The normalized spacial score (nSPS) is 12.7. The maximum atomic E-state index is 12.5. The van der Waals surface area contributed by atoms with Crippen LogP contribution in [0.1, 0.15) is 10.4 Å². The van der Waals surface area contributed by atoms with Crippen molar-refractivity contribution in [3.05, 3.63) is 48.5 Å². The van der Waals surface area contributed by atoms with Gasteiger partial charge in [-0.05, 0) is 12.1 Å².